The molecule has 0 fully saturated rings. The van der Waals surface area contributed by atoms with E-state index in [-0.39, 0.29) is 11.6 Å². The number of carbonyl (C=O) groups is 1. The van der Waals surface area contributed by atoms with Gasteiger partial charge in [0.15, 0.2) is 0 Å². The Bertz CT molecular complexity index is 390. The molecule has 0 aliphatic heterocycles. The smallest absolute Gasteiger partial charge is 0.407 e. The summed E-state index contributed by atoms with van der Waals surface area (Å²) >= 11 is 0. The topological polar surface area (TPSA) is 38.3 Å². The van der Waals surface area contributed by atoms with Gasteiger partial charge in [0.2, 0.25) is 0 Å². The summed E-state index contributed by atoms with van der Waals surface area (Å²) in [6.07, 6.45) is -0.353. The number of carbonyl (C=O) groups excluding carboxylic acids is 1. The lowest BCUT2D eigenvalue weighted by molar-refractivity contribution is 0.107. The minimum Gasteiger partial charge on any atom is -0.445 e. The standard InChI is InChI=1S/C16H25NO2/c1-12(2)16(5,13(3)4)17-15(18)19-11-14-9-7-6-8-10-14/h6-10,12-13H,11H2,1-5H3,(H,17,18). The maximum atomic E-state index is 11.9. The minimum atomic E-state index is -0.353. The molecule has 0 radical (unpaired) electrons. The van der Waals surface area contributed by atoms with Crippen LogP contribution in [-0.4, -0.2) is 11.6 Å². The van der Waals surface area contributed by atoms with Crippen molar-refractivity contribution in [2.75, 3.05) is 0 Å². The van der Waals surface area contributed by atoms with Crippen LogP contribution in [0, 0.1) is 11.8 Å². The molecule has 3 nitrogen and oxygen atoms in total. The molecule has 0 heterocycles. The Kier molecular flexibility index (Phi) is 5.40. The first-order valence-corrected chi connectivity index (χ1v) is 6.85. The van der Waals surface area contributed by atoms with E-state index in [0.717, 1.165) is 5.56 Å². The van der Waals surface area contributed by atoms with Gasteiger partial charge in [-0.05, 0) is 24.3 Å². The second kappa shape index (κ2) is 6.60. The first kappa shape index (κ1) is 15.5. The van der Waals surface area contributed by atoms with Crippen LogP contribution in [0.25, 0.3) is 0 Å². The van der Waals surface area contributed by atoms with E-state index < -0.39 is 0 Å². The Balaban J connectivity index is 2.55. The normalized spacial score (nSPS) is 11.7. The first-order chi connectivity index (χ1) is 8.86. The van der Waals surface area contributed by atoms with Gasteiger partial charge in [-0.15, -0.1) is 0 Å². The zero-order valence-electron chi connectivity index (χ0n) is 12.6. The van der Waals surface area contributed by atoms with Crippen LogP contribution in [0.15, 0.2) is 30.3 Å². The second-order valence-corrected chi connectivity index (χ2v) is 5.78. The Morgan fingerprint density at radius 2 is 1.68 bits per heavy atom. The fourth-order valence-corrected chi connectivity index (χ4v) is 1.93. The molecule has 0 aliphatic rings. The van der Waals surface area contributed by atoms with Crippen LogP contribution in [-0.2, 0) is 11.3 Å². The molecule has 106 valence electrons. The lowest BCUT2D eigenvalue weighted by Crippen LogP contribution is -2.53. The van der Waals surface area contributed by atoms with E-state index in [1.807, 2.05) is 30.3 Å². The lowest BCUT2D eigenvalue weighted by Gasteiger charge is -2.38. The number of hydrogen-bond acceptors (Lipinski definition) is 2. The van der Waals surface area contributed by atoms with E-state index in [2.05, 4.69) is 39.9 Å². The van der Waals surface area contributed by atoms with Crippen LogP contribution >= 0.6 is 0 Å². The summed E-state index contributed by atoms with van der Waals surface area (Å²) in [6, 6.07) is 9.69. The largest absolute Gasteiger partial charge is 0.445 e. The molecule has 0 aromatic heterocycles. The number of amides is 1. The molecule has 3 heteroatoms. The van der Waals surface area contributed by atoms with Gasteiger partial charge in [0.1, 0.15) is 6.61 Å². The Labute approximate surface area is 116 Å². The summed E-state index contributed by atoms with van der Waals surface area (Å²) in [5.41, 5.74) is 0.738. The summed E-state index contributed by atoms with van der Waals surface area (Å²) in [7, 11) is 0. The van der Waals surface area contributed by atoms with Gasteiger partial charge >= 0.3 is 6.09 Å². The molecular weight excluding hydrogens is 238 g/mol. The number of rotatable bonds is 5. The Hall–Kier alpha value is -1.51. The number of ether oxygens (including phenoxy) is 1. The Morgan fingerprint density at radius 1 is 1.16 bits per heavy atom. The monoisotopic (exact) mass is 263 g/mol. The minimum absolute atomic E-state index is 0.256. The number of nitrogens with one attached hydrogen (secondary N) is 1. The maximum Gasteiger partial charge on any atom is 0.407 e. The van der Waals surface area contributed by atoms with Crippen molar-refractivity contribution < 1.29 is 9.53 Å². The van der Waals surface area contributed by atoms with Gasteiger partial charge in [-0.2, -0.15) is 0 Å². The predicted octanol–water partition coefficient (Wildman–Crippen LogP) is 3.98. The molecule has 0 aliphatic carbocycles. The van der Waals surface area contributed by atoms with Crippen LogP contribution < -0.4 is 5.32 Å². The molecule has 1 N–H and O–H groups in total. The van der Waals surface area contributed by atoms with E-state index in [4.69, 9.17) is 4.74 Å². The van der Waals surface area contributed by atoms with E-state index >= 15 is 0 Å². The van der Waals surface area contributed by atoms with Gasteiger partial charge < -0.3 is 10.1 Å². The number of hydrogen-bond donors (Lipinski definition) is 1. The van der Waals surface area contributed by atoms with E-state index in [1.165, 1.54) is 0 Å². The molecule has 1 amide bonds. The summed E-state index contributed by atoms with van der Waals surface area (Å²) < 4.78 is 5.27. The molecule has 0 saturated carbocycles. The summed E-state index contributed by atoms with van der Waals surface area (Å²) in [6.45, 7) is 10.8. The zero-order chi connectivity index (χ0) is 14.5. The quantitative estimate of drug-likeness (QED) is 0.872. The highest BCUT2D eigenvalue weighted by molar-refractivity contribution is 5.68. The van der Waals surface area contributed by atoms with Crippen LogP contribution in [0.4, 0.5) is 4.79 Å². The third kappa shape index (κ3) is 4.27. The van der Waals surface area contributed by atoms with E-state index in [9.17, 15) is 4.79 Å². The van der Waals surface area contributed by atoms with Gasteiger partial charge in [0.05, 0.1) is 0 Å². The van der Waals surface area contributed by atoms with Crippen molar-refractivity contribution in [2.45, 2.75) is 46.8 Å². The summed E-state index contributed by atoms with van der Waals surface area (Å²) in [5, 5.41) is 3.00. The van der Waals surface area contributed by atoms with Gasteiger partial charge in [-0.1, -0.05) is 58.0 Å². The SMILES string of the molecule is CC(C)C(C)(NC(=O)OCc1ccccc1)C(C)C. The number of alkyl carbamates (subject to hydrolysis) is 1. The predicted molar refractivity (Wildman–Crippen MR) is 77.8 cm³/mol. The van der Waals surface area contributed by atoms with Crippen LogP contribution in [0.1, 0.15) is 40.2 Å². The maximum absolute atomic E-state index is 11.9. The van der Waals surface area contributed by atoms with Crippen molar-refractivity contribution >= 4 is 6.09 Å². The first-order valence-electron chi connectivity index (χ1n) is 6.85. The average Bonchev–Trinajstić information content (AvgIpc) is 2.37. The van der Waals surface area contributed by atoms with Gasteiger partial charge in [-0.25, -0.2) is 4.79 Å². The highest BCUT2D eigenvalue weighted by atomic mass is 16.5. The van der Waals surface area contributed by atoms with Crippen LogP contribution in [0.2, 0.25) is 0 Å². The number of benzene rings is 1. The van der Waals surface area contributed by atoms with Crippen molar-refractivity contribution in [3.63, 3.8) is 0 Å². The summed E-state index contributed by atoms with van der Waals surface area (Å²) in [4.78, 5) is 11.9. The molecule has 1 rings (SSSR count). The third-order valence-corrected chi connectivity index (χ3v) is 3.98. The molecule has 0 unspecified atom stereocenters. The highest BCUT2D eigenvalue weighted by Crippen LogP contribution is 2.25. The molecule has 0 bridgehead atoms. The summed E-state index contributed by atoms with van der Waals surface area (Å²) in [5.74, 6) is 0.688. The van der Waals surface area contributed by atoms with E-state index in [0.29, 0.717) is 18.4 Å². The van der Waals surface area contributed by atoms with Crippen molar-refractivity contribution in [1.82, 2.24) is 5.32 Å². The fourth-order valence-electron chi connectivity index (χ4n) is 1.93. The fraction of sp³-hybridized carbons (Fsp3) is 0.562. The third-order valence-electron chi connectivity index (χ3n) is 3.98. The lowest BCUT2D eigenvalue weighted by atomic mass is 9.79. The molecule has 0 saturated heterocycles. The van der Waals surface area contributed by atoms with Gasteiger partial charge in [0.25, 0.3) is 0 Å². The van der Waals surface area contributed by atoms with Crippen molar-refractivity contribution in [1.29, 1.82) is 0 Å². The molecule has 1 aromatic rings. The van der Waals surface area contributed by atoms with Crippen molar-refractivity contribution in [3.8, 4) is 0 Å². The van der Waals surface area contributed by atoms with E-state index in [1.54, 1.807) is 0 Å². The van der Waals surface area contributed by atoms with Crippen molar-refractivity contribution in [3.05, 3.63) is 35.9 Å². The second-order valence-electron chi connectivity index (χ2n) is 5.78. The molecule has 1 aromatic carbocycles. The molecule has 19 heavy (non-hydrogen) atoms. The van der Waals surface area contributed by atoms with Gasteiger partial charge in [-0.3, -0.25) is 0 Å². The average molecular weight is 263 g/mol. The van der Waals surface area contributed by atoms with Crippen molar-refractivity contribution in [2.24, 2.45) is 11.8 Å². The molecule has 0 spiro atoms. The highest BCUT2D eigenvalue weighted by Gasteiger charge is 2.34. The van der Waals surface area contributed by atoms with Gasteiger partial charge in [0, 0.05) is 5.54 Å². The molecule has 0 atom stereocenters. The zero-order valence-corrected chi connectivity index (χ0v) is 12.6. The molecular formula is C16H25NO2. The van der Waals surface area contributed by atoms with Crippen LogP contribution in [0.5, 0.6) is 0 Å². The van der Waals surface area contributed by atoms with Crippen LogP contribution in [0.3, 0.4) is 0 Å². The Morgan fingerprint density at radius 3 is 2.16 bits per heavy atom.